The average molecular weight is 299 g/mol. The van der Waals surface area contributed by atoms with Gasteiger partial charge in [-0.1, -0.05) is 0 Å². The van der Waals surface area contributed by atoms with Crippen molar-refractivity contribution in [2.24, 2.45) is 0 Å². The van der Waals surface area contributed by atoms with Crippen LogP contribution in [0.2, 0.25) is 0 Å². The van der Waals surface area contributed by atoms with E-state index in [-0.39, 0.29) is 5.09 Å². The van der Waals surface area contributed by atoms with Crippen LogP contribution in [0.3, 0.4) is 0 Å². The monoisotopic (exact) mass is 299 g/mol. The maximum Gasteiger partial charge on any atom is 0.273 e. The van der Waals surface area contributed by atoms with Gasteiger partial charge in [-0.15, -0.1) is 10.2 Å². The summed E-state index contributed by atoms with van der Waals surface area (Å²) in [5, 5.41) is 10.9. The first-order valence-electron chi connectivity index (χ1n) is 6.16. The highest BCUT2D eigenvalue weighted by atomic mass is 32.2. The second kappa shape index (κ2) is 6.16. The van der Waals surface area contributed by atoms with Crippen LogP contribution in [0.25, 0.3) is 0 Å². The number of rotatable bonds is 7. The summed E-state index contributed by atoms with van der Waals surface area (Å²) in [4.78, 5) is 0. The van der Waals surface area contributed by atoms with Gasteiger partial charge in [0.1, 0.15) is 17.9 Å². The number of sulfonamides is 1. The number of aryl methyl sites for hydroxylation is 1. The van der Waals surface area contributed by atoms with Gasteiger partial charge >= 0.3 is 0 Å². The molecule has 0 aliphatic carbocycles. The molecule has 2 aromatic rings. The van der Waals surface area contributed by atoms with Gasteiger partial charge in [0.25, 0.3) is 10.0 Å². The number of furan rings is 1. The molecule has 2 heterocycles. The van der Waals surface area contributed by atoms with Crippen LogP contribution in [-0.4, -0.2) is 30.2 Å². The van der Waals surface area contributed by atoms with E-state index in [0.717, 1.165) is 12.4 Å². The first-order valence-corrected chi connectivity index (χ1v) is 7.64. The Bertz CT molecular complexity index is 661. The molecule has 2 N–H and O–H groups in total. The highest BCUT2D eigenvalue weighted by Gasteiger charge is 2.16. The lowest BCUT2D eigenvalue weighted by Crippen LogP contribution is -2.18. The third-order valence-corrected chi connectivity index (χ3v) is 4.08. The molecule has 2 aromatic heterocycles. The molecule has 0 saturated carbocycles. The van der Waals surface area contributed by atoms with Crippen LogP contribution in [0, 0.1) is 0 Å². The number of hydrogen-bond acceptors (Lipinski definition) is 6. The predicted molar refractivity (Wildman–Crippen MR) is 71.2 cm³/mol. The topological polar surface area (TPSA) is 102 Å². The molecule has 0 atom stereocenters. The van der Waals surface area contributed by atoms with Gasteiger partial charge in [-0.05, 0) is 26.1 Å². The van der Waals surface area contributed by atoms with Crippen LogP contribution in [0.15, 0.2) is 28.0 Å². The lowest BCUT2D eigenvalue weighted by atomic mass is 10.4. The minimum atomic E-state index is -3.53. The zero-order valence-electron chi connectivity index (χ0n) is 11.3. The molecule has 0 bridgehead atoms. The van der Waals surface area contributed by atoms with Crippen molar-refractivity contribution in [3.63, 3.8) is 0 Å². The smallest absolute Gasteiger partial charge is 0.273 e. The Balaban J connectivity index is 1.92. The fourth-order valence-corrected chi connectivity index (χ4v) is 2.34. The molecule has 9 heteroatoms. The molecule has 0 unspecified atom stereocenters. The van der Waals surface area contributed by atoms with Gasteiger partial charge in [-0.25, -0.2) is 13.1 Å². The number of aromatic nitrogens is 3. The molecule has 8 nitrogen and oxygen atoms in total. The molecule has 0 saturated heterocycles. The van der Waals surface area contributed by atoms with E-state index in [4.69, 9.17) is 4.42 Å². The molecule has 110 valence electrons. The van der Waals surface area contributed by atoms with Gasteiger partial charge in [0.2, 0.25) is 5.09 Å². The normalized spacial score (nSPS) is 11.9. The lowest BCUT2D eigenvalue weighted by molar-refractivity contribution is 0.398. The van der Waals surface area contributed by atoms with Gasteiger partial charge in [0, 0.05) is 6.54 Å². The van der Waals surface area contributed by atoms with Crippen molar-refractivity contribution in [3.05, 3.63) is 30.0 Å². The Kier molecular flexibility index (Phi) is 4.53. The maximum atomic E-state index is 11.5. The first kappa shape index (κ1) is 14.7. The summed E-state index contributed by atoms with van der Waals surface area (Å²) in [6.07, 6.45) is 1.67. The Morgan fingerprint density at radius 2 is 2.15 bits per heavy atom. The van der Waals surface area contributed by atoms with Crippen LogP contribution in [0.4, 0.5) is 0 Å². The SMILES string of the molecule is CCn1cnnc1CNCc1ccc(S(=O)(=O)NC)o1. The van der Waals surface area contributed by atoms with Crippen LogP contribution < -0.4 is 10.0 Å². The van der Waals surface area contributed by atoms with E-state index in [1.54, 1.807) is 12.4 Å². The van der Waals surface area contributed by atoms with Crippen LogP contribution in [0.1, 0.15) is 18.5 Å². The summed E-state index contributed by atoms with van der Waals surface area (Å²) in [6.45, 7) is 3.75. The second-order valence-electron chi connectivity index (χ2n) is 4.07. The largest absolute Gasteiger partial charge is 0.447 e. The molecule has 0 radical (unpaired) electrons. The zero-order chi connectivity index (χ0) is 14.6. The molecular formula is C11H17N5O3S. The summed E-state index contributed by atoms with van der Waals surface area (Å²) in [5.74, 6) is 1.36. The van der Waals surface area contributed by atoms with Crippen LogP contribution >= 0.6 is 0 Å². The van der Waals surface area contributed by atoms with Crippen molar-refractivity contribution >= 4 is 10.0 Å². The Labute approximate surface area is 117 Å². The van der Waals surface area contributed by atoms with Gasteiger partial charge in [-0.3, -0.25) is 0 Å². The Morgan fingerprint density at radius 3 is 2.85 bits per heavy atom. The third-order valence-electron chi connectivity index (χ3n) is 2.79. The lowest BCUT2D eigenvalue weighted by Gasteiger charge is -2.04. The van der Waals surface area contributed by atoms with Gasteiger partial charge in [0.15, 0.2) is 0 Å². The molecule has 0 aliphatic rings. The third kappa shape index (κ3) is 3.24. The first-order chi connectivity index (χ1) is 9.56. The van der Waals surface area contributed by atoms with Crippen molar-refractivity contribution in [2.45, 2.75) is 31.7 Å². The van der Waals surface area contributed by atoms with Crippen molar-refractivity contribution in [1.29, 1.82) is 0 Å². The standard InChI is InChI=1S/C11H17N5O3S/c1-3-16-8-14-15-10(16)7-13-6-9-4-5-11(19-9)20(17,18)12-2/h4-5,8,12-13H,3,6-7H2,1-2H3. The highest BCUT2D eigenvalue weighted by molar-refractivity contribution is 7.89. The van der Waals surface area contributed by atoms with Gasteiger partial charge < -0.3 is 14.3 Å². The fraction of sp³-hybridized carbons (Fsp3) is 0.455. The van der Waals surface area contributed by atoms with E-state index >= 15 is 0 Å². The van der Waals surface area contributed by atoms with E-state index < -0.39 is 10.0 Å². The van der Waals surface area contributed by atoms with Gasteiger partial charge in [-0.2, -0.15) is 0 Å². The minimum Gasteiger partial charge on any atom is -0.447 e. The van der Waals surface area contributed by atoms with Gasteiger partial charge in [0.05, 0.1) is 13.1 Å². The minimum absolute atomic E-state index is 0.0893. The number of hydrogen-bond donors (Lipinski definition) is 2. The summed E-state index contributed by atoms with van der Waals surface area (Å²) in [6, 6.07) is 3.05. The molecule has 0 aliphatic heterocycles. The molecule has 20 heavy (non-hydrogen) atoms. The summed E-state index contributed by atoms with van der Waals surface area (Å²) < 4.78 is 32.4. The predicted octanol–water partition coefficient (Wildman–Crippen LogP) is 0.0889. The Hall–Kier alpha value is -1.71. The number of nitrogens with one attached hydrogen (secondary N) is 2. The van der Waals surface area contributed by atoms with E-state index in [0.29, 0.717) is 18.8 Å². The maximum absolute atomic E-state index is 11.5. The second-order valence-corrected chi connectivity index (χ2v) is 5.88. The summed E-state index contributed by atoms with van der Waals surface area (Å²) >= 11 is 0. The average Bonchev–Trinajstić information content (AvgIpc) is 3.07. The zero-order valence-corrected chi connectivity index (χ0v) is 12.1. The van der Waals surface area contributed by atoms with Crippen molar-refractivity contribution in [2.75, 3.05) is 7.05 Å². The van der Waals surface area contributed by atoms with Crippen LogP contribution in [0.5, 0.6) is 0 Å². The molecule has 0 amide bonds. The quantitative estimate of drug-likeness (QED) is 0.751. The molecular weight excluding hydrogens is 282 g/mol. The Morgan fingerprint density at radius 1 is 1.35 bits per heavy atom. The fourth-order valence-electron chi connectivity index (χ4n) is 1.68. The van der Waals surface area contributed by atoms with Crippen molar-refractivity contribution < 1.29 is 12.8 Å². The molecule has 0 aromatic carbocycles. The molecule has 2 rings (SSSR count). The van der Waals surface area contributed by atoms with E-state index in [1.165, 1.54) is 13.1 Å². The van der Waals surface area contributed by atoms with E-state index in [2.05, 4.69) is 20.2 Å². The van der Waals surface area contributed by atoms with Crippen molar-refractivity contribution in [3.8, 4) is 0 Å². The molecule has 0 fully saturated rings. The van der Waals surface area contributed by atoms with Crippen LogP contribution in [-0.2, 0) is 29.7 Å². The van der Waals surface area contributed by atoms with Crippen molar-refractivity contribution in [1.82, 2.24) is 24.8 Å². The van der Waals surface area contributed by atoms with E-state index in [1.807, 2.05) is 11.5 Å². The highest BCUT2D eigenvalue weighted by Crippen LogP contribution is 2.13. The summed E-state index contributed by atoms with van der Waals surface area (Å²) in [5.41, 5.74) is 0. The summed E-state index contributed by atoms with van der Waals surface area (Å²) in [7, 11) is -2.19. The molecule has 0 spiro atoms. The van der Waals surface area contributed by atoms with E-state index in [9.17, 15) is 8.42 Å². The number of nitrogens with zero attached hydrogens (tertiary/aromatic N) is 3.